The third kappa shape index (κ3) is 3.34. The number of hydrogen-bond donors (Lipinski definition) is 2. The number of rotatable bonds is 6. The number of carbonyl (C=O) groups is 1. The molecule has 2 aromatic rings. The maximum atomic E-state index is 11.9. The van der Waals surface area contributed by atoms with E-state index in [9.17, 15) is 19.7 Å². The molecular formula is C13H12N2O5S. The highest BCUT2D eigenvalue weighted by atomic mass is 32.1. The molecule has 0 aliphatic carbocycles. The molecule has 0 radical (unpaired) electrons. The molecule has 0 saturated heterocycles. The van der Waals surface area contributed by atoms with Gasteiger partial charge >= 0.3 is 16.4 Å². The molecule has 0 saturated carbocycles. The molecule has 21 heavy (non-hydrogen) atoms. The molecule has 0 spiro atoms. The molecule has 0 bridgehead atoms. The molecule has 2 N–H and O–H groups in total. The molecule has 8 heteroatoms. The predicted octanol–water partition coefficient (Wildman–Crippen LogP) is 2.45. The Balaban J connectivity index is 2.42. The second kappa shape index (κ2) is 6.31. The van der Waals surface area contributed by atoms with Crippen LogP contribution in [0, 0.1) is 10.1 Å². The quantitative estimate of drug-likeness (QED) is 0.482. The fourth-order valence-corrected chi connectivity index (χ4v) is 2.84. The number of nitrogens with zero attached hydrogens (tertiary/aromatic N) is 1. The van der Waals surface area contributed by atoms with Crippen LogP contribution in [0.4, 0.5) is 11.4 Å². The molecule has 7 nitrogen and oxygen atoms in total. The summed E-state index contributed by atoms with van der Waals surface area (Å²) in [7, 11) is 0. The van der Waals surface area contributed by atoms with Crippen molar-refractivity contribution in [3.63, 3.8) is 0 Å². The van der Waals surface area contributed by atoms with Gasteiger partial charge in [0.05, 0.1) is 4.92 Å². The highest BCUT2D eigenvalue weighted by Crippen LogP contribution is 2.31. The van der Waals surface area contributed by atoms with E-state index in [1.54, 1.807) is 24.3 Å². The largest absolute Gasteiger partial charge is 0.481 e. The van der Waals surface area contributed by atoms with Crippen LogP contribution < -0.4 is 10.1 Å². The van der Waals surface area contributed by atoms with Crippen LogP contribution >= 0.6 is 11.3 Å². The third-order valence-corrected chi connectivity index (χ3v) is 3.80. The number of carboxylic acids is 1. The summed E-state index contributed by atoms with van der Waals surface area (Å²) in [4.78, 5) is 32.7. The number of hydrogen-bond acceptors (Lipinski definition) is 6. The van der Waals surface area contributed by atoms with Gasteiger partial charge in [0.25, 0.3) is 0 Å². The lowest BCUT2D eigenvalue weighted by Crippen LogP contribution is -2.12. The Morgan fingerprint density at radius 1 is 1.38 bits per heavy atom. The van der Waals surface area contributed by atoms with Gasteiger partial charge < -0.3 is 10.4 Å². The van der Waals surface area contributed by atoms with Crippen molar-refractivity contribution in [3.8, 4) is 0 Å². The molecule has 1 aromatic heterocycles. The van der Waals surface area contributed by atoms with Gasteiger partial charge in [-0.05, 0) is 12.5 Å². The average molecular weight is 308 g/mol. The van der Waals surface area contributed by atoms with E-state index in [0.29, 0.717) is 16.5 Å². The van der Waals surface area contributed by atoms with Crippen LogP contribution in [-0.2, 0) is 4.79 Å². The number of nitrogens with one attached hydrogen (secondary N) is 1. The monoisotopic (exact) mass is 308 g/mol. The van der Waals surface area contributed by atoms with E-state index in [0.717, 1.165) is 11.3 Å². The first-order valence-corrected chi connectivity index (χ1v) is 6.98. The molecule has 1 aromatic carbocycles. The minimum Gasteiger partial charge on any atom is -0.481 e. The molecule has 1 heterocycles. The van der Waals surface area contributed by atoms with Crippen LogP contribution in [0.15, 0.2) is 29.1 Å². The Kier molecular flexibility index (Phi) is 4.49. The zero-order valence-electron chi connectivity index (χ0n) is 10.9. The molecule has 0 unspecified atom stereocenters. The zero-order valence-corrected chi connectivity index (χ0v) is 11.7. The summed E-state index contributed by atoms with van der Waals surface area (Å²) in [5, 5.41) is 23.1. The Hall–Kier alpha value is -2.48. The lowest BCUT2D eigenvalue weighted by atomic mass is 10.2. The maximum Gasteiger partial charge on any atom is 0.350 e. The topological polar surface area (TPSA) is 110 Å². The SMILES string of the molecule is O=C(O)CCCNc1c([N+](=O)[O-])c(=O)sc2ccccc12. The van der Waals surface area contributed by atoms with Gasteiger partial charge in [0.1, 0.15) is 5.69 Å². The van der Waals surface area contributed by atoms with Gasteiger partial charge in [0.2, 0.25) is 0 Å². The summed E-state index contributed by atoms with van der Waals surface area (Å²) in [6.45, 7) is 0.241. The van der Waals surface area contributed by atoms with Gasteiger partial charge in [-0.25, -0.2) is 0 Å². The third-order valence-electron chi connectivity index (χ3n) is 2.84. The van der Waals surface area contributed by atoms with Crippen molar-refractivity contribution in [1.29, 1.82) is 0 Å². The van der Waals surface area contributed by atoms with E-state index in [4.69, 9.17) is 5.11 Å². The second-order valence-electron chi connectivity index (χ2n) is 4.29. The maximum absolute atomic E-state index is 11.9. The molecule has 0 amide bonds. The van der Waals surface area contributed by atoms with E-state index in [-0.39, 0.29) is 18.7 Å². The lowest BCUT2D eigenvalue weighted by molar-refractivity contribution is -0.384. The van der Waals surface area contributed by atoms with Crippen molar-refractivity contribution in [2.45, 2.75) is 12.8 Å². The summed E-state index contributed by atoms with van der Waals surface area (Å²) < 4.78 is 0.0215. The van der Waals surface area contributed by atoms with Crippen molar-refractivity contribution in [2.24, 2.45) is 0 Å². The second-order valence-corrected chi connectivity index (χ2v) is 5.31. The van der Waals surface area contributed by atoms with Gasteiger partial charge in [-0.15, -0.1) is 0 Å². The zero-order chi connectivity index (χ0) is 15.4. The number of nitro groups is 1. The number of aliphatic carboxylic acids is 1. The highest BCUT2D eigenvalue weighted by Gasteiger charge is 2.22. The summed E-state index contributed by atoms with van der Waals surface area (Å²) in [6.07, 6.45) is 0.270. The standard InChI is InChI=1S/C13H12N2O5S/c16-10(17)6-3-7-14-11-8-4-1-2-5-9(8)21-13(18)12(11)15(19)20/h1-2,4-5,14H,3,6-7H2,(H,16,17). The number of anilines is 1. The summed E-state index contributed by atoms with van der Waals surface area (Å²) in [5.74, 6) is -0.934. The molecule has 110 valence electrons. The van der Waals surface area contributed by atoms with E-state index in [1.807, 2.05) is 0 Å². The first kappa shape index (κ1) is 14.9. The van der Waals surface area contributed by atoms with Gasteiger partial charge in [0, 0.05) is 23.1 Å². The number of carboxylic acid groups (broad SMARTS) is 1. The van der Waals surface area contributed by atoms with Crippen molar-refractivity contribution in [3.05, 3.63) is 43.9 Å². The van der Waals surface area contributed by atoms with Crippen molar-refractivity contribution < 1.29 is 14.8 Å². The minimum atomic E-state index is -0.934. The lowest BCUT2D eigenvalue weighted by Gasteiger charge is -2.08. The molecule has 2 rings (SSSR count). The summed E-state index contributed by atoms with van der Waals surface area (Å²) in [6, 6.07) is 6.88. The van der Waals surface area contributed by atoms with Crippen molar-refractivity contribution in [2.75, 3.05) is 11.9 Å². The van der Waals surface area contributed by atoms with Gasteiger partial charge in [-0.2, -0.15) is 0 Å². The Bertz CT molecular complexity index is 756. The summed E-state index contributed by atoms with van der Waals surface area (Å²) in [5.41, 5.74) is -0.334. The average Bonchev–Trinajstić information content (AvgIpc) is 2.42. The van der Waals surface area contributed by atoms with Crippen LogP contribution in [0.3, 0.4) is 0 Å². The smallest absolute Gasteiger partial charge is 0.350 e. The van der Waals surface area contributed by atoms with Gasteiger partial charge in [-0.1, -0.05) is 29.5 Å². The van der Waals surface area contributed by atoms with Crippen LogP contribution in [0.25, 0.3) is 10.1 Å². The van der Waals surface area contributed by atoms with E-state index in [1.165, 1.54) is 0 Å². The first-order chi connectivity index (χ1) is 10.0. The van der Waals surface area contributed by atoms with Crippen LogP contribution in [0.5, 0.6) is 0 Å². The molecule has 0 aliphatic rings. The fourth-order valence-electron chi connectivity index (χ4n) is 1.94. The van der Waals surface area contributed by atoms with Crippen LogP contribution in [0.1, 0.15) is 12.8 Å². The fraction of sp³-hybridized carbons (Fsp3) is 0.231. The van der Waals surface area contributed by atoms with E-state index >= 15 is 0 Å². The Labute approximate surface area is 123 Å². The van der Waals surface area contributed by atoms with E-state index < -0.39 is 21.3 Å². The van der Waals surface area contributed by atoms with Gasteiger partial charge in [0.15, 0.2) is 0 Å². The normalized spacial score (nSPS) is 10.5. The molecule has 0 aliphatic heterocycles. The number of benzene rings is 1. The molecule has 0 fully saturated rings. The van der Waals surface area contributed by atoms with Crippen LogP contribution in [-0.4, -0.2) is 22.5 Å². The van der Waals surface area contributed by atoms with Crippen molar-refractivity contribution >= 4 is 38.8 Å². The highest BCUT2D eigenvalue weighted by molar-refractivity contribution is 7.16. The number of fused-ring (bicyclic) bond motifs is 1. The summed E-state index contributed by atoms with van der Waals surface area (Å²) >= 11 is 0.824. The Morgan fingerprint density at radius 3 is 2.76 bits per heavy atom. The minimum absolute atomic E-state index is 0.0432. The predicted molar refractivity (Wildman–Crippen MR) is 80.1 cm³/mol. The molecule has 0 atom stereocenters. The van der Waals surface area contributed by atoms with Crippen molar-refractivity contribution in [1.82, 2.24) is 0 Å². The van der Waals surface area contributed by atoms with E-state index in [2.05, 4.69) is 5.32 Å². The van der Waals surface area contributed by atoms with Gasteiger partial charge in [-0.3, -0.25) is 19.7 Å². The Morgan fingerprint density at radius 2 is 2.10 bits per heavy atom. The first-order valence-electron chi connectivity index (χ1n) is 6.16. The van der Waals surface area contributed by atoms with Crippen LogP contribution in [0.2, 0.25) is 0 Å². The molecular weight excluding hydrogens is 296 g/mol.